The molecule has 0 N–H and O–H groups in total. The minimum Gasteiger partial charge on any atom is -0.493 e. The Morgan fingerprint density at radius 1 is 1.33 bits per heavy atom. The number of hydrogen-bond donors (Lipinski definition) is 0. The topological polar surface area (TPSA) is 39.2 Å². The molecule has 0 aliphatic rings. The Labute approximate surface area is 130 Å². The molecule has 3 nitrogen and oxygen atoms in total. The molecule has 2 aromatic rings. The van der Waals surface area contributed by atoms with Crippen molar-refractivity contribution in [1.29, 1.82) is 0 Å². The van der Waals surface area contributed by atoms with Gasteiger partial charge in [-0.15, -0.1) is 11.3 Å². The number of para-hydroxylation sites is 1. The highest BCUT2D eigenvalue weighted by Gasteiger charge is 2.12. The molecule has 2 rings (SSSR count). The number of carbonyl (C=O) groups excluding carboxylic acids is 1. The molecule has 112 valence electrons. The van der Waals surface area contributed by atoms with Gasteiger partial charge >= 0.3 is 0 Å². The Morgan fingerprint density at radius 3 is 2.67 bits per heavy atom. The monoisotopic (exact) mass is 303 g/mol. The lowest BCUT2D eigenvalue weighted by molar-refractivity contribution is 0.102. The zero-order chi connectivity index (χ0) is 15.4. The second kappa shape index (κ2) is 6.85. The minimum atomic E-state index is 0.0855. The molecule has 21 heavy (non-hydrogen) atoms. The summed E-state index contributed by atoms with van der Waals surface area (Å²) in [6, 6.07) is 8.12. The summed E-state index contributed by atoms with van der Waals surface area (Å²) in [7, 11) is 0. The van der Waals surface area contributed by atoms with Crippen LogP contribution in [0.1, 0.15) is 52.6 Å². The molecule has 1 heterocycles. The van der Waals surface area contributed by atoms with Gasteiger partial charge in [-0.25, -0.2) is 4.98 Å². The van der Waals surface area contributed by atoms with Gasteiger partial charge in [0.15, 0.2) is 5.78 Å². The number of aromatic nitrogens is 1. The van der Waals surface area contributed by atoms with E-state index in [1.165, 1.54) is 16.9 Å². The van der Waals surface area contributed by atoms with Crippen LogP contribution in [0.15, 0.2) is 24.3 Å². The normalized spacial score (nSPS) is 10.9. The van der Waals surface area contributed by atoms with Gasteiger partial charge in [0, 0.05) is 13.3 Å². The summed E-state index contributed by atoms with van der Waals surface area (Å²) in [4.78, 5) is 16.6. The van der Waals surface area contributed by atoms with Gasteiger partial charge in [0.05, 0.1) is 22.2 Å². The summed E-state index contributed by atoms with van der Waals surface area (Å²) >= 11 is 1.47. The van der Waals surface area contributed by atoms with Gasteiger partial charge in [-0.1, -0.05) is 32.0 Å². The van der Waals surface area contributed by atoms with Crippen molar-refractivity contribution in [1.82, 2.24) is 4.98 Å². The van der Waals surface area contributed by atoms with Crippen molar-refractivity contribution in [2.24, 2.45) is 0 Å². The van der Waals surface area contributed by atoms with Crippen LogP contribution in [-0.4, -0.2) is 17.4 Å². The highest BCUT2D eigenvalue weighted by atomic mass is 32.1. The van der Waals surface area contributed by atoms with Gasteiger partial charge in [0.2, 0.25) is 0 Å². The van der Waals surface area contributed by atoms with Crippen molar-refractivity contribution in [3.05, 3.63) is 45.4 Å². The quantitative estimate of drug-likeness (QED) is 0.743. The summed E-state index contributed by atoms with van der Waals surface area (Å²) in [5.74, 6) is 1.46. The number of benzene rings is 1. The minimum absolute atomic E-state index is 0.0855. The average molecular weight is 303 g/mol. The maximum atomic E-state index is 11.4. The van der Waals surface area contributed by atoms with Crippen molar-refractivity contribution in [2.45, 2.75) is 40.0 Å². The van der Waals surface area contributed by atoms with Crippen LogP contribution in [0.4, 0.5) is 0 Å². The highest BCUT2D eigenvalue weighted by Crippen LogP contribution is 2.26. The number of ether oxygens (including phenoxy) is 1. The van der Waals surface area contributed by atoms with Crippen LogP contribution in [0.5, 0.6) is 5.75 Å². The largest absolute Gasteiger partial charge is 0.493 e. The predicted molar refractivity (Wildman–Crippen MR) is 86.6 cm³/mol. The van der Waals surface area contributed by atoms with Crippen molar-refractivity contribution in [3.63, 3.8) is 0 Å². The first-order valence-electron chi connectivity index (χ1n) is 7.18. The molecule has 4 heteroatoms. The molecule has 0 atom stereocenters. The number of nitrogens with zero attached hydrogens (tertiary/aromatic N) is 1. The molecular formula is C17H21NO2S. The zero-order valence-corrected chi connectivity index (χ0v) is 13.8. The number of thiazole rings is 1. The molecule has 0 aliphatic carbocycles. The zero-order valence-electron chi connectivity index (χ0n) is 13.0. The third kappa shape index (κ3) is 3.91. The summed E-state index contributed by atoms with van der Waals surface area (Å²) in [6.45, 7) is 8.36. The first kappa shape index (κ1) is 15.7. The van der Waals surface area contributed by atoms with E-state index in [0.717, 1.165) is 27.7 Å². The van der Waals surface area contributed by atoms with E-state index in [9.17, 15) is 4.79 Å². The third-order valence-electron chi connectivity index (χ3n) is 3.28. The van der Waals surface area contributed by atoms with Crippen molar-refractivity contribution in [3.8, 4) is 5.75 Å². The van der Waals surface area contributed by atoms with E-state index < -0.39 is 0 Å². The van der Waals surface area contributed by atoms with Crippen LogP contribution < -0.4 is 4.74 Å². The predicted octanol–water partition coefficient (Wildman–Crippen LogP) is 4.40. The Morgan fingerprint density at radius 2 is 2.05 bits per heavy atom. The molecule has 0 spiro atoms. The van der Waals surface area contributed by atoms with Crippen LogP contribution in [0.25, 0.3) is 0 Å². The molecule has 0 saturated heterocycles. The first-order chi connectivity index (χ1) is 9.99. The van der Waals surface area contributed by atoms with Crippen molar-refractivity contribution < 1.29 is 9.53 Å². The fourth-order valence-electron chi connectivity index (χ4n) is 2.22. The molecule has 0 radical (unpaired) electrons. The first-order valence-corrected chi connectivity index (χ1v) is 7.99. The highest BCUT2D eigenvalue weighted by molar-refractivity contribution is 7.13. The van der Waals surface area contributed by atoms with E-state index in [-0.39, 0.29) is 5.78 Å². The van der Waals surface area contributed by atoms with Crippen molar-refractivity contribution in [2.75, 3.05) is 6.61 Å². The number of carbonyl (C=O) groups is 1. The fraction of sp³-hybridized carbons (Fsp3) is 0.412. The number of aryl methyl sites for hydroxylation is 1. The summed E-state index contributed by atoms with van der Waals surface area (Å²) in [6.07, 6.45) is 0.727. The van der Waals surface area contributed by atoms with Gasteiger partial charge in [0.25, 0.3) is 0 Å². The van der Waals surface area contributed by atoms with Crippen LogP contribution in [0.2, 0.25) is 0 Å². The maximum Gasteiger partial charge on any atom is 0.171 e. The van der Waals surface area contributed by atoms with Crippen LogP contribution in [0.3, 0.4) is 0 Å². The van der Waals surface area contributed by atoms with E-state index >= 15 is 0 Å². The lowest BCUT2D eigenvalue weighted by Gasteiger charge is -2.13. The second-order valence-corrected chi connectivity index (χ2v) is 6.45. The fourth-order valence-corrected chi connectivity index (χ4v) is 3.16. The Hall–Kier alpha value is -1.68. The molecule has 0 aliphatic heterocycles. The van der Waals surface area contributed by atoms with Gasteiger partial charge in [0.1, 0.15) is 5.75 Å². The average Bonchev–Trinajstić information content (AvgIpc) is 2.80. The van der Waals surface area contributed by atoms with E-state index in [0.29, 0.717) is 12.5 Å². The van der Waals surface area contributed by atoms with Gasteiger partial charge in [-0.05, 0) is 24.5 Å². The van der Waals surface area contributed by atoms with Crippen molar-refractivity contribution >= 4 is 17.1 Å². The Balaban J connectivity index is 1.99. The smallest absolute Gasteiger partial charge is 0.171 e. The van der Waals surface area contributed by atoms with E-state index in [2.05, 4.69) is 24.9 Å². The lowest BCUT2D eigenvalue weighted by Crippen LogP contribution is -2.03. The Kier molecular flexibility index (Phi) is 5.12. The summed E-state index contributed by atoms with van der Waals surface area (Å²) in [5, 5.41) is 0.958. The summed E-state index contributed by atoms with van der Waals surface area (Å²) < 4.78 is 5.89. The summed E-state index contributed by atoms with van der Waals surface area (Å²) in [5.41, 5.74) is 2.04. The third-order valence-corrected chi connectivity index (χ3v) is 4.59. The molecule has 0 bridgehead atoms. The maximum absolute atomic E-state index is 11.4. The number of Topliss-reactive ketones (excluding diaryl/α,β-unsaturated/α-hetero) is 1. The standard InChI is InChI=1S/C17H21NO2S/c1-11(2)14-7-5-6-8-15(14)20-10-9-16-18-12(3)17(21-16)13(4)19/h5-8,11H,9-10H2,1-4H3. The molecule has 1 aromatic carbocycles. The van der Waals surface area contributed by atoms with Crippen LogP contribution in [-0.2, 0) is 6.42 Å². The van der Waals surface area contributed by atoms with Gasteiger partial charge in [-0.3, -0.25) is 4.79 Å². The van der Waals surface area contributed by atoms with Crippen LogP contribution >= 0.6 is 11.3 Å². The number of ketones is 1. The molecule has 0 fully saturated rings. The molecule has 1 aromatic heterocycles. The lowest BCUT2D eigenvalue weighted by atomic mass is 10.0. The SMILES string of the molecule is CC(=O)c1sc(CCOc2ccccc2C(C)C)nc1C. The van der Waals surface area contributed by atoms with E-state index in [1.807, 2.05) is 25.1 Å². The van der Waals surface area contributed by atoms with Crippen LogP contribution in [0, 0.1) is 6.92 Å². The molecule has 0 saturated carbocycles. The van der Waals surface area contributed by atoms with Gasteiger partial charge in [-0.2, -0.15) is 0 Å². The molecular weight excluding hydrogens is 282 g/mol. The van der Waals surface area contributed by atoms with E-state index in [4.69, 9.17) is 4.74 Å². The molecule has 0 amide bonds. The second-order valence-electron chi connectivity index (χ2n) is 5.37. The van der Waals surface area contributed by atoms with Gasteiger partial charge < -0.3 is 4.74 Å². The van der Waals surface area contributed by atoms with E-state index in [1.54, 1.807) is 6.92 Å². The number of hydrogen-bond acceptors (Lipinski definition) is 4. The Bertz CT molecular complexity index is 631. The number of rotatable bonds is 6. The molecule has 0 unspecified atom stereocenters.